The first kappa shape index (κ1) is 20.6. The third-order valence-electron chi connectivity index (χ3n) is 4.58. The topological polar surface area (TPSA) is 92.9 Å². The van der Waals surface area contributed by atoms with E-state index in [0.717, 1.165) is 17.8 Å². The van der Waals surface area contributed by atoms with Gasteiger partial charge in [0.25, 0.3) is 0 Å². The van der Waals surface area contributed by atoms with E-state index in [0.29, 0.717) is 17.4 Å². The number of carbonyl (C=O) groups excluding carboxylic acids is 1. The van der Waals surface area contributed by atoms with Crippen molar-refractivity contribution in [1.82, 2.24) is 19.7 Å². The lowest BCUT2D eigenvalue weighted by Gasteiger charge is -2.11. The summed E-state index contributed by atoms with van der Waals surface area (Å²) in [5.41, 5.74) is 2.69. The van der Waals surface area contributed by atoms with E-state index in [4.69, 9.17) is 0 Å². The fraction of sp³-hybridized carbons (Fsp3) is 0.130. The van der Waals surface area contributed by atoms with Crippen LogP contribution in [0.15, 0.2) is 84.3 Å². The molecule has 2 N–H and O–H groups in total. The average Bonchev–Trinajstić information content (AvgIpc) is 3.20. The molecule has 0 saturated heterocycles. The Hall–Kier alpha value is -3.65. The van der Waals surface area contributed by atoms with Crippen LogP contribution in [0.3, 0.4) is 0 Å². The summed E-state index contributed by atoms with van der Waals surface area (Å²) in [4.78, 5) is 16.5. The summed E-state index contributed by atoms with van der Waals surface area (Å²) < 4.78 is 2.04. The van der Waals surface area contributed by atoms with Gasteiger partial charge in [0.2, 0.25) is 5.91 Å². The number of thioether (sulfide) groups is 1. The van der Waals surface area contributed by atoms with Gasteiger partial charge in [-0.25, -0.2) is 0 Å². The molecule has 0 saturated carbocycles. The molecule has 0 unspecified atom stereocenters. The number of hydrogen-bond acceptors (Lipinski definition) is 6. The number of anilines is 1. The molecule has 0 fully saturated rings. The second-order valence-electron chi connectivity index (χ2n) is 6.82. The van der Waals surface area contributed by atoms with Crippen LogP contribution < -0.4 is 5.32 Å². The van der Waals surface area contributed by atoms with E-state index in [1.165, 1.54) is 23.4 Å². The van der Waals surface area contributed by atoms with Crippen molar-refractivity contribution in [2.75, 3.05) is 11.1 Å². The number of aryl methyl sites for hydroxylation is 1. The van der Waals surface area contributed by atoms with Crippen molar-refractivity contribution in [3.05, 3.63) is 84.7 Å². The fourth-order valence-corrected chi connectivity index (χ4v) is 3.87. The molecular weight excluding hydrogens is 410 g/mol. The van der Waals surface area contributed by atoms with Gasteiger partial charge in [-0.2, -0.15) is 0 Å². The van der Waals surface area contributed by atoms with E-state index in [1.54, 1.807) is 30.6 Å². The van der Waals surface area contributed by atoms with Crippen LogP contribution in [-0.2, 0) is 17.8 Å². The Kier molecular flexibility index (Phi) is 6.59. The number of nitrogens with one attached hydrogen (secondary N) is 1. The lowest BCUT2D eigenvalue weighted by molar-refractivity contribution is -0.113. The number of amides is 1. The molecule has 1 amide bonds. The minimum absolute atomic E-state index is 0.105. The summed E-state index contributed by atoms with van der Waals surface area (Å²) in [5, 5.41) is 21.7. The van der Waals surface area contributed by atoms with Crippen LogP contribution in [0, 0.1) is 0 Å². The average molecular weight is 432 g/mol. The number of phenolic OH excluding ortho intramolecular Hbond substituents is 1. The van der Waals surface area contributed by atoms with Gasteiger partial charge in [0.1, 0.15) is 5.75 Å². The number of hydrogen-bond donors (Lipinski definition) is 2. The fourth-order valence-electron chi connectivity index (χ4n) is 3.11. The van der Waals surface area contributed by atoms with Crippen molar-refractivity contribution < 1.29 is 9.90 Å². The second kappa shape index (κ2) is 9.90. The van der Waals surface area contributed by atoms with Crippen molar-refractivity contribution >= 4 is 23.4 Å². The quantitative estimate of drug-likeness (QED) is 0.409. The maximum Gasteiger partial charge on any atom is 0.234 e. The Morgan fingerprint density at radius 2 is 1.81 bits per heavy atom. The van der Waals surface area contributed by atoms with Gasteiger partial charge in [0.15, 0.2) is 11.0 Å². The molecule has 0 bridgehead atoms. The largest absolute Gasteiger partial charge is 0.508 e. The van der Waals surface area contributed by atoms with Gasteiger partial charge >= 0.3 is 0 Å². The van der Waals surface area contributed by atoms with E-state index in [1.807, 2.05) is 34.9 Å². The zero-order valence-electron chi connectivity index (χ0n) is 16.7. The third-order valence-corrected chi connectivity index (χ3v) is 5.55. The van der Waals surface area contributed by atoms with Gasteiger partial charge in [0.05, 0.1) is 5.75 Å². The van der Waals surface area contributed by atoms with Gasteiger partial charge in [0, 0.05) is 36.3 Å². The van der Waals surface area contributed by atoms with Crippen LogP contribution in [0.25, 0.3) is 11.4 Å². The number of carbonyl (C=O) groups is 1. The predicted molar refractivity (Wildman–Crippen MR) is 121 cm³/mol. The maximum atomic E-state index is 12.4. The van der Waals surface area contributed by atoms with Crippen LogP contribution in [0.4, 0.5) is 5.69 Å². The van der Waals surface area contributed by atoms with Crippen LogP contribution in [0.5, 0.6) is 5.75 Å². The Labute approximate surface area is 184 Å². The monoisotopic (exact) mass is 431 g/mol. The van der Waals surface area contributed by atoms with E-state index in [-0.39, 0.29) is 17.4 Å². The minimum atomic E-state index is -0.182. The molecule has 0 radical (unpaired) electrons. The number of rotatable bonds is 8. The summed E-state index contributed by atoms with van der Waals surface area (Å²) in [6.07, 6.45) is 4.27. The SMILES string of the molecule is O=C(CSc1nnc(-c2ccncc2)n1CCc1ccccc1)Nc1cccc(O)c1. The number of nitrogens with zero attached hydrogens (tertiary/aromatic N) is 4. The zero-order chi connectivity index (χ0) is 21.5. The smallest absolute Gasteiger partial charge is 0.234 e. The van der Waals surface area contributed by atoms with Crippen molar-refractivity contribution in [2.24, 2.45) is 0 Å². The van der Waals surface area contributed by atoms with Crippen LogP contribution in [0.1, 0.15) is 5.56 Å². The van der Waals surface area contributed by atoms with Crippen LogP contribution in [-0.4, -0.2) is 36.5 Å². The molecule has 0 spiro atoms. The van der Waals surface area contributed by atoms with Crippen molar-refractivity contribution in [3.63, 3.8) is 0 Å². The number of aromatic hydroxyl groups is 1. The number of pyridine rings is 1. The first-order valence-corrected chi connectivity index (χ1v) is 10.8. The molecule has 7 nitrogen and oxygen atoms in total. The lowest BCUT2D eigenvalue weighted by Crippen LogP contribution is -2.15. The number of aromatic nitrogens is 4. The first-order valence-electron chi connectivity index (χ1n) is 9.78. The van der Waals surface area contributed by atoms with Gasteiger partial charge < -0.3 is 15.0 Å². The molecule has 0 atom stereocenters. The van der Waals surface area contributed by atoms with Gasteiger partial charge in [-0.05, 0) is 36.2 Å². The molecule has 4 aromatic rings. The molecule has 156 valence electrons. The van der Waals surface area contributed by atoms with Crippen molar-refractivity contribution in [2.45, 2.75) is 18.1 Å². The molecule has 0 aliphatic heterocycles. The van der Waals surface area contributed by atoms with Crippen LogP contribution in [0.2, 0.25) is 0 Å². The lowest BCUT2D eigenvalue weighted by atomic mass is 10.1. The number of phenols is 1. The van der Waals surface area contributed by atoms with E-state index >= 15 is 0 Å². The molecule has 0 aliphatic rings. The molecule has 8 heteroatoms. The summed E-state index contributed by atoms with van der Waals surface area (Å²) in [6.45, 7) is 0.686. The highest BCUT2D eigenvalue weighted by Gasteiger charge is 2.16. The predicted octanol–water partition coefficient (Wildman–Crippen LogP) is 4.02. The van der Waals surface area contributed by atoms with Gasteiger partial charge in [-0.1, -0.05) is 48.2 Å². The molecule has 31 heavy (non-hydrogen) atoms. The standard InChI is InChI=1S/C23H21N5O2S/c29-20-8-4-7-19(15-20)25-21(30)16-31-23-27-26-22(18-9-12-24-13-10-18)28(23)14-11-17-5-2-1-3-6-17/h1-10,12-13,15,29H,11,14,16H2,(H,25,30). The normalized spacial score (nSPS) is 10.7. The van der Waals surface area contributed by atoms with Crippen LogP contribution >= 0.6 is 11.8 Å². The molecular formula is C23H21N5O2S. The third kappa shape index (κ3) is 5.49. The van der Waals surface area contributed by atoms with Gasteiger partial charge in [-0.15, -0.1) is 10.2 Å². The second-order valence-corrected chi connectivity index (χ2v) is 7.76. The Bertz CT molecular complexity index is 1150. The Morgan fingerprint density at radius 1 is 1.00 bits per heavy atom. The van der Waals surface area contributed by atoms with Crippen molar-refractivity contribution in [3.8, 4) is 17.1 Å². The summed E-state index contributed by atoms with van der Waals surface area (Å²) in [5.74, 6) is 0.844. The zero-order valence-corrected chi connectivity index (χ0v) is 17.5. The first-order chi connectivity index (χ1) is 15.2. The van der Waals surface area contributed by atoms with E-state index < -0.39 is 0 Å². The highest BCUT2D eigenvalue weighted by Crippen LogP contribution is 2.24. The Balaban J connectivity index is 1.49. The minimum Gasteiger partial charge on any atom is -0.508 e. The Morgan fingerprint density at radius 3 is 2.58 bits per heavy atom. The molecule has 2 aromatic heterocycles. The summed E-state index contributed by atoms with van der Waals surface area (Å²) in [7, 11) is 0. The van der Waals surface area contributed by atoms with E-state index in [2.05, 4.69) is 32.6 Å². The molecule has 2 heterocycles. The highest BCUT2D eigenvalue weighted by atomic mass is 32.2. The van der Waals surface area contributed by atoms with Crippen molar-refractivity contribution in [1.29, 1.82) is 0 Å². The molecule has 2 aromatic carbocycles. The molecule has 4 rings (SSSR count). The van der Waals surface area contributed by atoms with E-state index in [9.17, 15) is 9.90 Å². The maximum absolute atomic E-state index is 12.4. The molecule has 0 aliphatic carbocycles. The summed E-state index contributed by atoms with van der Waals surface area (Å²) >= 11 is 1.33. The van der Waals surface area contributed by atoms with Gasteiger partial charge in [-0.3, -0.25) is 9.78 Å². The number of benzene rings is 2. The highest BCUT2D eigenvalue weighted by molar-refractivity contribution is 7.99. The summed E-state index contributed by atoms with van der Waals surface area (Å²) in [6, 6.07) is 20.5.